The molecule has 1 aliphatic rings. The second-order valence-corrected chi connectivity index (χ2v) is 9.00. The molecule has 11 heteroatoms. The highest BCUT2D eigenvalue weighted by molar-refractivity contribution is 5.93. The van der Waals surface area contributed by atoms with Crippen LogP contribution in [0.1, 0.15) is 51.4 Å². The second kappa shape index (κ2) is 8.53. The largest absolute Gasteiger partial charge is 0.522 e. The predicted molar refractivity (Wildman–Crippen MR) is 122 cm³/mol. The van der Waals surface area contributed by atoms with Crippen LogP contribution in [0.5, 0.6) is 0 Å². The van der Waals surface area contributed by atoms with Crippen LogP contribution in [0.4, 0.5) is 19.1 Å². The highest BCUT2D eigenvalue weighted by Gasteiger charge is 2.35. The van der Waals surface area contributed by atoms with Crippen LogP contribution in [0.2, 0.25) is 0 Å². The lowest BCUT2D eigenvalue weighted by molar-refractivity contribution is -0.345. The SMILES string of the molecule is Cc1nc2ccc(-c3c[nH]c4nc(NC5CCC(OC(F)(F)F)CC5)ncc34)nc2n1C(C)C. The Bertz CT molecular complexity index is 1320. The van der Waals surface area contributed by atoms with E-state index in [0.717, 1.165) is 33.6 Å². The third-order valence-corrected chi connectivity index (χ3v) is 6.25. The number of aromatic amines is 1. The van der Waals surface area contributed by atoms with Gasteiger partial charge in [-0.2, -0.15) is 4.98 Å². The van der Waals surface area contributed by atoms with E-state index in [2.05, 4.69) is 48.4 Å². The van der Waals surface area contributed by atoms with Gasteiger partial charge in [-0.05, 0) is 58.6 Å². The van der Waals surface area contributed by atoms with Gasteiger partial charge in [-0.25, -0.2) is 15.0 Å². The number of imidazole rings is 1. The summed E-state index contributed by atoms with van der Waals surface area (Å²) in [6.07, 6.45) is 0.0333. The van der Waals surface area contributed by atoms with E-state index in [0.29, 0.717) is 37.3 Å². The number of fused-ring (bicyclic) bond motifs is 2. The molecule has 0 spiro atoms. The van der Waals surface area contributed by atoms with E-state index < -0.39 is 12.5 Å². The zero-order valence-electron chi connectivity index (χ0n) is 19.1. The number of alkyl halides is 3. The Labute approximate surface area is 194 Å². The van der Waals surface area contributed by atoms with E-state index in [1.165, 1.54) is 0 Å². The van der Waals surface area contributed by atoms with E-state index in [9.17, 15) is 13.2 Å². The van der Waals surface area contributed by atoms with Crippen molar-refractivity contribution in [2.24, 2.45) is 0 Å². The molecule has 0 saturated heterocycles. The van der Waals surface area contributed by atoms with Crippen LogP contribution in [-0.2, 0) is 4.74 Å². The first-order valence-corrected chi connectivity index (χ1v) is 11.4. The van der Waals surface area contributed by atoms with Gasteiger partial charge in [-0.15, -0.1) is 13.2 Å². The molecular formula is C23H26F3N7O. The maximum atomic E-state index is 12.4. The molecule has 8 nitrogen and oxygen atoms in total. The van der Waals surface area contributed by atoms with Crippen molar-refractivity contribution in [3.63, 3.8) is 0 Å². The molecule has 4 aromatic heterocycles. The van der Waals surface area contributed by atoms with Crippen LogP contribution in [0.25, 0.3) is 33.5 Å². The fourth-order valence-electron chi connectivity index (χ4n) is 4.74. The molecule has 5 rings (SSSR count). The molecule has 4 heterocycles. The van der Waals surface area contributed by atoms with Gasteiger partial charge in [0.1, 0.15) is 17.0 Å². The number of hydrogen-bond donors (Lipinski definition) is 2. The summed E-state index contributed by atoms with van der Waals surface area (Å²) < 4.78 is 43.5. The standard InChI is InChI=1S/C23H26F3N7O/c1-12(2)33-13(3)29-19-9-8-18(31-21(19)33)16-10-27-20-17(16)11-28-22(32-20)30-14-4-6-15(7-5-14)34-23(24,25)26/h8-12,14-15H,4-7H2,1-3H3,(H2,27,28,30,32). The van der Waals surface area contributed by atoms with Crippen molar-refractivity contribution in [2.75, 3.05) is 5.32 Å². The van der Waals surface area contributed by atoms with Crippen molar-refractivity contribution in [2.45, 2.75) is 71.0 Å². The molecule has 0 radical (unpaired) electrons. The predicted octanol–water partition coefficient (Wildman–Crippen LogP) is 5.52. The molecule has 1 saturated carbocycles. The minimum atomic E-state index is -4.59. The van der Waals surface area contributed by atoms with Crippen LogP contribution in [0.15, 0.2) is 24.5 Å². The summed E-state index contributed by atoms with van der Waals surface area (Å²) in [6, 6.07) is 4.15. The Morgan fingerprint density at radius 1 is 1.12 bits per heavy atom. The van der Waals surface area contributed by atoms with E-state index in [1.54, 1.807) is 6.20 Å². The number of aryl methyl sites for hydroxylation is 1. The summed E-state index contributed by atoms with van der Waals surface area (Å²) in [5, 5.41) is 4.09. The van der Waals surface area contributed by atoms with Crippen LogP contribution in [0, 0.1) is 6.92 Å². The van der Waals surface area contributed by atoms with Gasteiger partial charge in [0, 0.05) is 35.4 Å². The first-order chi connectivity index (χ1) is 16.2. The van der Waals surface area contributed by atoms with Crippen molar-refractivity contribution < 1.29 is 17.9 Å². The molecule has 34 heavy (non-hydrogen) atoms. The molecule has 1 fully saturated rings. The van der Waals surface area contributed by atoms with Gasteiger partial charge in [-0.3, -0.25) is 4.74 Å². The zero-order valence-corrected chi connectivity index (χ0v) is 19.1. The average molecular weight is 474 g/mol. The molecule has 0 unspecified atom stereocenters. The van der Waals surface area contributed by atoms with Crippen molar-refractivity contribution in [3.8, 4) is 11.3 Å². The number of H-pyrrole nitrogens is 1. The zero-order chi connectivity index (χ0) is 24.0. The number of anilines is 1. The lowest BCUT2D eigenvalue weighted by atomic mass is 9.93. The molecule has 0 bridgehead atoms. The number of halogens is 3. The van der Waals surface area contributed by atoms with Crippen LogP contribution >= 0.6 is 0 Å². The van der Waals surface area contributed by atoms with Gasteiger partial charge in [-0.1, -0.05) is 0 Å². The van der Waals surface area contributed by atoms with Crippen LogP contribution < -0.4 is 5.32 Å². The Morgan fingerprint density at radius 2 is 1.88 bits per heavy atom. The molecule has 4 aromatic rings. The number of hydrogen-bond acceptors (Lipinski definition) is 6. The first-order valence-electron chi connectivity index (χ1n) is 11.4. The smallest absolute Gasteiger partial charge is 0.351 e. The summed E-state index contributed by atoms with van der Waals surface area (Å²) in [5.74, 6) is 1.37. The summed E-state index contributed by atoms with van der Waals surface area (Å²) >= 11 is 0. The monoisotopic (exact) mass is 473 g/mol. The molecule has 2 N–H and O–H groups in total. The maximum Gasteiger partial charge on any atom is 0.522 e. The summed E-state index contributed by atoms with van der Waals surface area (Å²) in [5.41, 5.74) is 4.05. The van der Waals surface area contributed by atoms with E-state index in [4.69, 9.17) is 4.98 Å². The molecule has 1 aliphatic carbocycles. The van der Waals surface area contributed by atoms with Gasteiger partial charge in [0.05, 0.1) is 11.8 Å². The van der Waals surface area contributed by atoms with Gasteiger partial charge >= 0.3 is 6.36 Å². The fourth-order valence-corrected chi connectivity index (χ4v) is 4.74. The van der Waals surface area contributed by atoms with Gasteiger partial charge in [0.15, 0.2) is 5.65 Å². The molecule has 0 atom stereocenters. The number of ether oxygens (including phenoxy) is 1. The number of nitrogens with zero attached hydrogens (tertiary/aromatic N) is 5. The second-order valence-electron chi connectivity index (χ2n) is 9.00. The Kier molecular flexibility index (Phi) is 5.67. The third kappa shape index (κ3) is 4.44. The molecule has 0 aliphatic heterocycles. The minimum Gasteiger partial charge on any atom is -0.351 e. The lowest BCUT2D eigenvalue weighted by Crippen LogP contribution is -2.33. The van der Waals surface area contributed by atoms with E-state index in [1.807, 2.05) is 25.3 Å². The third-order valence-electron chi connectivity index (χ3n) is 6.25. The molecule has 180 valence electrons. The van der Waals surface area contributed by atoms with Crippen LogP contribution in [0.3, 0.4) is 0 Å². The average Bonchev–Trinajstić information content (AvgIpc) is 3.33. The molecule has 0 aromatic carbocycles. The minimum absolute atomic E-state index is 0.00333. The van der Waals surface area contributed by atoms with Crippen molar-refractivity contribution in [3.05, 3.63) is 30.4 Å². The highest BCUT2D eigenvalue weighted by atomic mass is 19.4. The van der Waals surface area contributed by atoms with Crippen LogP contribution in [-0.4, -0.2) is 48.0 Å². The summed E-state index contributed by atoms with van der Waals surface area (Å²) in [7, 11) is 0. The number of rotatable bonds is 5. The van der Waals surface area contributed by atoms with Gasteiger partial charge in [0.2, 0.25) is 5.95 Å². The molecule has 0 amide bonds. The first kappa shape index (κ1) is 22.6. The fraction of sp³-hybridized carbons (Fsp3) is 0.478. The van der Waals surface area contributed by atoms with E-state index >= 15 is 0 Å². The lowest BCUT2D eigenvalue weighted by Gasteiger charge is -2.29. The number of pyridine rings is 1. The van der Waals surface area contributed by atoms with E-state index in [-0.39, 0.29) is 12.1 Å². The maximum absolute atomic E-state index is 12.4. The normalized spacial score (nSPS) is 19.4. The van der Waals surface area contributed by atoms with Gasteiger partial charge in [0.25, 0.3) is 0 Å². The molecular weight excluding hydrogens is 447 g/mol. The summed E-state index contributed by atoms with van der Waals surface area (Å²) in [4.78, 5) is 21.7. The Morgan fingerprint density at radius 3 is 2.59 bits per heavy atom. The summed E-state index contributed by atoms with van der Waals surface area (Å²) in [6.45, 7) is 6.18. The highest BCUT2D eigenvalue weighted by Crippen LogP contribution is 2.31. The van der Waals surface area contributed by atoms with Crippen molar-refractivity contribution >= 4 is 28.1 Å². The quantitative estimate of drug-likeness (QED) is 0.397. The topological polar surface area (TPSA) is 93.5 Å². The number of nitrogens with one attached hydrogen (secondary N) is 2. The van der Waals surface area contributed by atoms with Crippen molar-refractivity contribution in [1.29, 1.82) is 0 Å². The van der Waals surface area contributed by atoms with Gasteiger partial charge < -0.3 is 14.9 Å². The Hall–Kier alpha value is -3.21. The Balaban J connectivity index is 1.34. The number of aromatic nitrogens is 6. The van der Waals surface area contributed by atoms with Crippen molar-refractivity contribution in [1.82, 2.24) is 29.5 Å².